The highest BCUT2D eigenvalue weighted by Gasteiger charge is 2.21. The van der Waals surface area contributed by atoms with Crippen molar-refractivity contribution in [3.05, 3.63) is 89.6 Å². The number of aryl methyl sites for hydroxylation is 3. The van der Waals surface area contributed by atoms with Crippen LogP contribution in [0.2, 0.25) is 0 Å². The Bertz CT molecular complexity index is 1480. The zero-order chi connectivity index (χ0) is 20.8. The minimum Gasteiger partial charge on any atom is -0.454 e. The van der Waals surface area contributed by atoms with Gasteiger partial charge in [-0.25, -0.2) is 4.57 Å². The van der Waals surface area contributed by atoms with Crippen molar-refractivity contribution in [3.63, 3.8) is 0 Å². The summed E-state index contributed by atoms with van der Waals surface area (Å²) >= 11 is 0. The van der Waals surface area contributed by atoms with Crippen LogP contribution in [0.3, 0.4) is 0 Å². The number of nitriles is 1. The summed E-state index contributed by atoms with van der Waals surface area (Å²) < 4.78 is 8.70. The van der Waals surface area contributed by atoms with E-state index >= 15 is 0 Å². The Balaban J connectivity index is 1.84. The van der Waals surface area contributed by atoms with E-state index in [9.17, 15) is 5.26 Å². The first-order valence-electron chi connectivity index (χ1n) is 9.99. The average molecular weight is 389 g/mol. The van der Waals surface area contributed by atoms with Crippen molar-refractivity contribution >= 4 is 21.9 Å². The molecule has 0 fully saturated rings. The lowest BCUT2D eigenvalue weighted by Crippen LogP contribution is -2.30. The standard InChI is InChI=1S/C27H21N2O/c1-17-10-13-23-22-8-6-7-21(19-11-12-20(16-28)18(2)15-19)26(22)30-27(23)25(17)24-9-4-5-14-29(24)3/h4-15H,1-3H3/q+1. The quantitative estimate of drug-likeness (QED) is 0.336. The Labute approximate surface area is 175 Å². The van der Waals surface area contributed by atoms with Gasteiger partial charge in [-0.15, -0.1) is 0 Å². The van der Waals surface area contributed by atoms with E-state index in [4.69, 9.17) is 4.42 Å². The van der Waals surface area contributed by atoms with Crippen LogP contribution in [0.4, 0.5) is 0 Å². The van der Waals surface area contributed by atoms with Gasteiger partial charge in [0.25, 0.3) is 0 Å². The van der Waals surface area contributed by atoms with Crippen molar-refractivity contribution in [1.82, 2.24) is 0 Å². The van der Waals surface area contributed by atoms with Crippen molar-refractivity contribution in [1.29, 1.82) is 5.26 Å². The third kappa shape index (κ3) is 2.69. The van der Waals surface area contributed by atoms with Gasteiger partial charge in [0, 0.05) is 28.5 Å². The molecule has 3 aromatic carbocycles. The highest BCUT2D eigenvalue weighted by atomic mass is 16.3. The molecule has 0 saturated carbocycles. The fraction of sp³-hybridized carbons (Fsp3) is 0.111. The van der Waals surface area contributed by atoms with Gasteiger partial charge >= 0.3 is 0 Å². The second-order valence-corrected chi connectivity index (χ2v) is 7.76. The van der Waals surface area contributed by atoms with Gasteiger partial charge in [-0.05, 0) is 48.7 Å². The number of hydrogen-bond donors (Lipinski definition) is 0. The van der Waals surface area contributed by atoms with Crippen molar-refractivity contribution < 1.29 is 8.98 Å². The lowest BCUT2D eigenvalue weighted by Gasteiger charge is -2.05. The van der Waals surface area contributed by atoms with E-state index in [0.29, 0.717) is 5.56 Å². The van der Waals surface area contributed by atoms with Crippen molar-refractivity contribution in [3.8, 4) is 28.5 Å². The maximum atomic E-state index is 9.26. The first-order chi connectivity index (χ1) is 14.6. The van der Waals surface area contributed by atoms with Gasteiger partial charge in [0.2, 0.25) is 5.69 Å². The molecule has 0 aliphatic carbocycles. The summed E-state index contributed by atoms with van der Waals surface area (Å²) in [6.07, 6.45) is 2.06. The molecule has 0 radical (unpaired) electrons. The molecule has 3 heteroatoms. The molecule has 2 heterocycles. The highest BCUT2D eigenvalue weighted by molar-refractivity contribution is 6.13. The Morgan fingerprint density at radius 1 is 0.833 bits per heavy atom. The summed E-state index contributed by atoms with van der Waals surface area (Å²) in [4.78, 5) is 0. The third-order valence-corrected chi connectivity index (χ3v) is 5.84. The highest BCUT2D eigenvalue weighted by Crippen LogP contribution is 2.40. The maximum Gasteiger partial charge on any atom is 0.216 e. The lowest BCUT2D eigenvalue weighted by molar-refractivity contribution is -0.660. The van der Waals surface area contributed by atoms with Crippen LogP contribution in [0, 0.1) is 25.2 Å². The first kappa shape index (κ1) is 18.1. The molecule has 0 aliphatic rings. The topological polar surface area (TPSA) is 40.8 Å². The smallest absolute Gasteiger partial charge is 0.216 e. The number of aromatic nitrogens is 1. The molecule has 0 saturated heterocycles. The Morgan fingerprint density at radius 3 is 2.43 bits per heavy atom. The number of para-hydroxylation sites is 1. The van der Waals surface area contributed by atoms with E-state index in [2.05, 4.69) is 79.3 Å². The molecular weight excluding hydrogens is 368 g/mol. The van der Waals surface area contributed by atoms with Gasteiger partial charge in [-0.3, -0.25) is 0 Å². The molecule has 30 heavy (non-hydrogen) atoms. The predicted octanol–water partition coefficient (Wildman–Crippen LogP) is 6.23. The van der Waals surface area contributed by atoms with Crippen LogP contribution in [0.15, 0.2) is 77.3 Å². The van der Waals surface area contributed by atoms with Gasteiger partial charge in [0.1, 0.15) is 18.2 Å². The largest absolute Gasteiger partial charge is 0.454 e. The van der Waals surface area contributed by atoms with Crippen LogP contribution < -0.4 is 4.57 Å². The predicted molar refractivity (Wildman–Crippen MR) is 120 cm³/mol. The minimum atomic E-state index is 0.699. The SMILES string of the molecule is Cc1cc(-c2cccc3c2oc2c(-c4cccc[n+]4C)c(C)ccc23)ccc1C#N. The van der Waals surface area contributed by atoms with Crippen molar-refractivity contribution in [2.45, 2.75) is 13.8 Å². The minimum absolute atomic E-state index is 0.699. The second-order valence-electron chi connectivity index (χ2n) is 7.76. The number of hydrogen-bond acceptors (Lipinski definition) is 2. The van der Waals surface area contributed by atoms with E-state index in [1.807, 2.05) is 25.1 Å². The van der Waals surface area contributed by atoms with Crippen LogP contribution in [0.1, 0.15) is 16.7 Å². The van der Waals surface area contributed by atoms with E-state index in [1.165, 1.54) is 5.56 Å². The molecule has 0 N–H and O–H groups in total. The fourth-order valence-electron chi connectivity index (χ4n) is 4.25. The van der Waals surface area contributed by atoms with Crippen LogP contribution >= 0.6 is 0 Å². The molecule has 0 unspecified atom stereocenters. The van der Waals surface area contributed by atoms with Gasteiger partial charge < -0.3 is 4.42 Å². The van der Waals surface area contributed by atoms with E-state index in [1.54, 1.807) is 0 Å². The molecule has 0 bridgehead atoms. The Kier molecular flexibility index (Phi) is 4.15. The summed E-state index contributed by atoms with van der Waals surface area (Å²) in [5.41, 5.74) is 8.97. The number of rotatable bonds is 2. The number of fused-ring (bicyclic) bond motifs is 3. The van der Waals surface area contributed by atoms with Crippen LogP contribution in [-0.4, -0.2) is 0 Å². The van der Waals surface area contributed by atoms with E-state index in [0.717, 1.165) is 49.9 Å². The number of furan rings is 1. The fourth-order valence-corrected chi connectivity index (χ4v) is 4.25. The van der Waals surface area contributed by atoms with E-state index < -0.39 is 0 Å². The van der Waals surface area contributed by atoms with Gasteiger partial charge in [0.15, 0.2) is 6.20 Å². The number of pyridine rings is 1. The Morgan fingerprint density at radius 2 is 1.67 bits per heavy atom. The molecule has 2 aromatic heterocycles. The molecule has 5 aromatic rings. The molecule has 5 rings (SSSR count). The van der Waals surface area contributed by atoms with Crippen LogP contribution in [-0.2, 0) is 7.05 Å². The summed E-state index contributed by atoms with van der Waals surface area (Å²) in [5.74, 6) is 0. The van der Waals surface area contributed by atoms with Gasteiger partial charge in [-0.1, -0.05) is 36.4 Å². The summed E-state index contributed by atoms with van der Waals surface area (Å²) in [5, 5.41) is 11.5. The summed E-state index contributed by atoms with van der Waals surface area (Å²) in [6.45, 7) is 4.09. The zero-order valence-corrected chi connectivity index (χ0v) is 17.2. The summed E-state index contributed by atoms with van der Waals surface area (Å²) in [7, 11) is 2.06. The zero-order valence-electron chi connectivity index (χ0n) is 17.2. The normalized spacial score (nSPS) is 11.1. The van der Waals surface area contributed by atoms with Gasteiger partial charge in [-0.2, -0.15) is 5.26 Å². The van der Waals surface area contributed by atoms with Crippen LogP contribution in [0.25, 0.3) is 44.3 Å². The van der Waals surface area contributed by atoms with E-state index in [-0.39, 0.29) is 0 Å². The molecule has 3 nitrogen and oxygen atoms in total. The maximum absolute atomic E-state index is 9.26. The molecular formula is C27H21N2O+. The molecule has 0 atom stereocenters. The molecule has 0 aliphatic heterocycles. The summed E-state index contributed by atoms with van der Waals surface area (Å²) in [6, 6.07) is 25.0. The lowest BCUT2D eigenvalue weighted by atomic mass is 9.97. The average Bonchev–Trinajstić information content (AvgIpc) is 3.13. The first-order valence-corrected chi connectivity index (χ1v) is 9.99. The number of benzene rings is 3. The number of nitrogens with zero attached hydrogens (tertiary/aromatic N) is 2. The van der Waals surface area contributed by atoms with Crippen molar-refractivity contribution in [2.24, 2.45) is 7.05 Å². The molecule has 0 amide bonds. The third-order valence-electron chi connectivity index (χ3n) is 5.84. The monoisotopic (exact) mass is 389 g/mol. The Hall–Kier alpha value is -3.90. The molecule has 0 spiro atoms. The van der Waals surface area contributed by atoms with Gasteiger partial charge in [0.05, 0.1) is 17.2 Å². The van der Waals surface area contributed by atoms with Crippen LogP contribution in [0.5, 0.6) is 0 Å². The second kappa shape index (κ2) is 6.86. The molecule has 144 valence electrons. The van der Waals surface area contributed by atoms with Crippen molar-refractivity contribution in [2.75, 3.05) is 0 Å².